The van der Waals surface area contributed by atoms with E-state index in [0.717, 1.165) is 25.7 Å². The molecule has 0 heterocycles. The van der Waals surface area contributed by atoms with Gasteiger partial charge in [-0.1, -0.05) is 18.2 Å². The van der Waals surface area contributed by atoms with Crippen LogP contribution in [0.1, 0.15) is 35.4 Å². The van der Waals surface area contributed by atoms with E-state index in [4.69, 9.17) is 0 Å². The lowest BCUT2D eigenvalue weighted by atomic mass is 9.83. The Morgan fingerprint density at radius 3 is 2.69 bits per heavy atom. The Hall–Kier alpha value is -1.11. The first-order valence-corrected chi connectivity index (χ1v) is 4.99. The molecule has 0 saturated heterocycles. The molecule has 2 aliphatic carbocycles. The standard InChI is InChI=1S/C12H12O/c13-11-7-5-9-3-1-2-8-4-6-10(11)12(8)9/h1-3,10H,4-7H2. The smallest absolute Gasteiger partial charge is 0.140 e. The van der Waals surface area contributed by atoms with Crippen molar-refractivity contribution in [3.63, 3.8) is 0 Å². The normalized spacial score (nSPS) is 24.6. The summed E-state index contributed by atoms with van der Waals surface area (Å²) >= 11 is 0. The molecule has 0 radical (unpaired) electrons. The predicted octanol–water partition coefficient (Wildman–Crippen LogP) is 2.23. The molecular weight excluding hydrogens is 160 g/mol. The Balaban J connectivity index is 2.24. The number of aryl methyl sites for hydroxylation is 2. The first-order valence-electron chi connectivity index (χ1n) is 4.99. The van der Waals surface area contributed by atoms with Crippen molar-refractivity contribution in [3.8, 4) is 0 Å². The lowest BCUT2D eigenvalue weighted by Crippen LogP contribution is -2.17. The molecule has 1 nitrogen and oxygen atoms in total. The summed E-state index contributed by atoms with van der Waals surface area (Å²) in [5, 5.41) is 0. The van der Waals surface area contributed by atoms with E-state index < -0.39 is 0 Å². The lowest BCUT2D eigenvalue weighted by molar-refractivity contribution is -0.120. The minimum atomic E-state index is 0.264. The fourth-order valence-electron chi connectivity index (χ4n) is 2.75. The molecule has 0 fully saturated rings. The van der Waals surface area contributed by atoms with Crippen molar-refractivity contribution in [3.05, 3.63) is 34.9 Å². The minimum absolute atomic E-state index is 0.264. The summed E-state index contributed by atoms with van der Waals surface area (Å²) in [6.45, 7) is 0. The Morgan fingerprint density at radius 2 is 1.85 bits per heavy atom. The number of ketones is 1. The van der Waals surface area contributed by atoms with E-state index in [1.165, 1.54) is 16.7 Å². The molecule has 0 bridgehead atoms. The second-order valence-electron chi connectivity index (χ2n) is 4.05. The van der Waals surface area contributed by atoms with Crippen LogP contribution in [0.25, 0.3) is 0 Å². The van der Waals surface area contributed by atoms with Crippen molar-refractivity contribution in [2.45, 2.75) is 31.6 Å². The summed E-state index contributed by atoms with van der Waals surface area (Å²) in [5.41, 5.74) is 4.24. The van der Waals surface area contributed by atoms with Gasteiger partial charge in [0, 0.05) is 12.3 Å². The summed E-state index contributed by atoms with van der Waals surface area (Å²) in [7, 11) is 0. The molecule has 0 aliphatic heterocycles. The van der Waals surface area contributed by atoms with Crippen LogP contribution in [-0.4, -0.2) is 5.78 Å². The minimum Gasteiger partial charge on any atom is -0.299 e. The molecule has 13 heavy (non-hydrogen) atoms. The molecule has 1 unspecified atom stereocenters. The molecule has 66 valence electrons. The van der Waals surface area contributed by atoms with Crippen LogP contribution in [0, 0.1) is 0 Å². The second kappa shape index (κ2) is 2.44. The molecule has 3 rings (SSSR count). The third-order valence-corrected chi connectivity index (χ3v) is 3.37. The summed E-state index contributed by atoms with van der Waals surface area (Å²) in [6, 6.07) is 6.49. The Morgan fingerprint density at radius 1 is 1.08 bits per heavy atom. The molecule has 1 aromatic rings. The Labute approximate surface area is 77.8 Å². The second-order valence-corrected chi connectivity index (χ2v) is 4.05. The van der Waals surface area contributed by atoms with Gasteiger partial charge in [-0.3, -0.25) is 4.79 Å². The highest BCUT2D eigenvalue weighted by Gasteiger charge is 2.33. The molecule has 0 N–H and O–H groups in total. The van der Waals surface area contributed by atoms with Crippen molar-refractivity contribution >= 4 is 5.78 Å². The van der Waals surface area contributed by atoms with Crippen molar-refractivity contribution in [1.29, 1.82) is 0 Å². The number of Topliss-reactive ketones (excluding diaryl/α,β-unsaturated/α-hetero) is 1. The van der Waals surface area contributed by atoms with Crippen LogP contribution in [-0.2, 0) is 17.6 Å². The first kappa shape index (κ1) is 7.31. The van der Waals surface area contributed by atoms with E-state index in [1.807, 2.05) is 0 Å². The third kappa shape index (κ3) is 0.902. The average molecular weight is 172 g/mol. The fourth-order valence-corrected chi connectivity index (χ4v) is 2.75. The van der Waals surface area contributed by atoms with Gasteiger partial charge in [0.1, 0.15) is 5.78 Å². The largest absolute Gasteiger partial charge is 0.299 e. The van der Waals surface area contributed by atoms with E-state index in [-0.39, 0.29) is 5.92 Å². The van der Waals surface area contributed by atoms with Gasteiger partial charge >= 0.3 is 0 Å². The summed E-state index contributed by atoms with van der Waals surface area (Å²) < 4.78 is 0. The van der Waals surface area contributed by atoms with E-state index >= 15 is 0 Å². The quantitative estimate of drug-likeness (QED) is 0.586. The van der Waals surface area contributed by atoms with Gasteiger partial charge in [-0.05, 0) is 36.0 Å². The van der Waals surface area contributed by atoms with Crippen LogP contribution in [0.3, 0.4) is 0 Å². The molecule has 1 heteroatoms. The SMILES string of the molecule is O=C1CCc2cccc3c2C1CC3. The van der Waals surface area contributed by atoms with Crippen LogP contribution >= 0.6 is 0 Å². The van der Waals surface area contributed by atoms with Crippen molar-refractivity contribution < 1.29 is 4.79 Å². The monoisotopic (exact) mass is 172 g/mol. The molecule has 1 aromatic carbocycles. The van der Waals surface area contributed by atoms with Gasteiger partial charge in [-0.2, -0.15) is 0 Å². The van der Waals surface area contributed by atoms with Gasteiger partial charge < -0.3 is 0 Å². The van der Waals surface area contributed by atoms with Gasteiger partial charge in [0.25, 0.3) is 0 Å². The van der Waals surface area contributed by atoms with E-state index in [0.29, 0.717) is 5.78 Å². The zero-order valence-electron chi connectivity index (χ0n) is 7.55. The van der Waals surface area contributed by atoms with E-state index in [2.05, 4.69) is 18.2 Å². The van der Waals surface area contributed by atoms with Gasteiger partial charge in [-0.25, -0.2) is 0 Å². The Kier molecular flexibility index (Phi) is 1.37. The van der Waals surface area contributed by atoms with Crippen LogP contribution in [0.5, 0.6) is 0 Å². The van der Waals surface area contributed by atoms with Gasteiger partial charge in [0.2, 0.25) is 0 Å². The third-order valence-electron chi connectivity index (χ3n) is 3.37. The summed E-state index contributed by atoms with van der Waals surface area (Å²) in [5.74, 6) is 0.734. The fraction of sp³-hybridized carbons (Fsp3) is 0.417. The lowest BCUT2D eigenvalue weighted by Gasteiger charge is -2.20. The molecule has 1 atom stereocenters. The average Bonchev–Trinajstić information content (AvgIpc) is 2.57. The van der Waals surface area contributed by atoms with Crippen LogP contribution in [0.2, 0.25) is 0 Å². The number of carbonyl (C=O) groups is 1. The molecular formula is C12H12O. The predicted molar refractivity (Wildman–Crippen MR) is 50.8 cm³/mol. The summed E-state index contributed by atoms with van der Waals surface area (Å²) in [6.07, 6.45) is 3.91. The van der Waals surface area contributed by atoms with Crippen molar-refractivity contribution in [1.82, 2.24) is 0 Å². The molecule has 2 aliphatic rings. The van der Waals surface area contributed by atoms with Gasteiger partial charge in [-0.15, -0.1) is 0 Å². The highest BCUT2D eigenvalue weighted by atomic mass is 16.1. The molecule has 0 saturated carbocycles. The number of hydrogen-bond donors (Lipinski definition) is 0. The molecule has 0 aromatic heterocycles. The zero-order chi connectivity index (χ0) is 8.84. The van der Waals surface area contributed by atoms with E-state index in [1.54, 1.807) is 0 Å². The van der Waals surface area contributed by atoms with Crippen LogP contribution in [0.15, 0.2) is 18.2 Å². The summed E-state index contributed by atoms with van der Waals surface area (Å²) in [4.78, 5) is 11.6. The van der Waals surface area contributed by atoms with Gasteiger partial charge in [0.15, 0.2) is 0 Å². The number of hydrogen-bond acceptors (Lipinski definition) is 1. The maximum atomic E-state index is 11.6. The van der Waals surface area contributed by atoms with Crippen molar-refractivity contribution in [2.75, 3.05) is 0 Å². The molecule has 0 amide bonds. The zero-order valence-corrected chi connectivity index (χ0v) is 7.55. The maximum Gasteiger partial charge on any atom is 0.140 e. The van der Waals surface area contributed by atoms with Crippen LogP contribution < -0.4 is 0 Å². The molecule has 0 spiro atoms. The maximum absolute atomic E-state index is 11.6. The van der Waals surface area contributed by atoms with Crippen LogP contribution in [0.4, 0.5) is 0 Å². The number of rotatable bonds is 0. The number of benzene rings is 1. The highest BCUT2D eigenvalue weighted by Crippen LogP contribution is 2.40. The Bertz CT molecular complexity index is 379. The van der Waals surface area contributed by atoms with Crippen molar-refractivity contribution in [2.24, 2.45) is 0 Å². The van der Waals surface area contributed by atoms with Gasteiger partial charge in [0.05, 0.1) is 0 Å². The van der Waals surface area contributed by atoms with E-state index in [9.17, 15) is 4.79 Å². The first-order chi connectivity index (χ1) is 6.36. The topological polar surface area (TPSA) is 17.1 Å². The highest BCUT2D eigenvalue weighted by molar-refractivity contribution is 5.89. The number of carbonyl (C=O) groups excluding carboxylic acids is 1.